The van der Waals surface area contributed by atoms with E-state index in [1.54, 1.807) is 0 Å². The predicted octanol–water partition coefficient (Wildman–Crippen LogP) is 0.305. The van der Waals surface area contributed by atoms with Crippen LogP contribution in [-0.4, -0.2) is 41.8 Å². The van der Waals surface area contributed by atoms with E-state index in [0.717, 1.165) is 0 Å². The smallest absolute Gasteiger partial charge is 0.417 e. The van der Waals surface area contributed by atoms with Gasteiger partial charge in [0.2, 0.25) is 5.60 Å². The van der Waals surface area contributed by atoms with Gasteiger partial charge in [-0.2, -0.15) is 0 Å². The molecule has 82 valence electrons. The molecule has 0 unspecified atom stereocenters. The fraction of sp³-hybridized carbons (Fsp3) is 0.545. The lowest BCUT2D eigenvalue weighted by molar-refractivity contribution is -0.0368. The van der Waals surface area contributed by atoms with Gasteiger partial charge < -0.3 is 18.9 Å². The van der Waals surface area contributed by atoms with Gasteiger partial charge in [-0.3, -0.25) is 0 Å². The molecule has 0 saturated carbocycles. The van der Waals surface area contributed by atoms with E-state index >= 15 is 0 Å². The first-order valence-corrected chi connectivity index (χ1v) is 5.37. The normalized spacial score (nSPS) is 62.4. The van der Waals surface area contributed by atoms with Crippen molar-refractivity contribution in [1.82, 2.24) is 0 Å². The molecule has 0 radical (unpaired) electrons. The molecule has 3 fully saturated rings. The number of carbonyl (C=O) groups is 1. The number of carbonyl (C=O) groups excluding carboxylic acids is 1. The zero-order chi connectivity index (χ0) is 10.5. The van der Waals surface area contributed by atoms with Gasteiger partial charge in [-0.05, 0) is 12.2 Å². The van der Waals surface area contributed by atoms with Crippen LogP contribution < -0.4 is 0 Å². The van der Waals surface area contributed by atoms with Gasteiger partial charge in [-0.15, -0.1) is 0 Å². The minimum Gasteiger partial charge on any atom is -0.417 e. The predicted molar refractivity (Wildman–Crippen MR) is 48.6 cm³/mol. The molecule has 0 aromatic carbocycles. The summed E-state index contributed by atoms with van der Waals surface area (Å²) in [6.45, 7) is 0. The number of hydrogen-bond donors (Lipinski definition) is 0. The van der Waals surface area contributed by atoms with Crippen LogP contribution >= 0.6 is 0 Å². The van der Waals surface area contributed by atoms with Gasteiger partial charge in [-0.1, -0.05) is 12.2 Å². The van der Waals surface area contributed by atoms with Crippen molar-refractivity contribution in [1.29, 1.82) is 0 Å². The molecule has 0 aromatic heterocycles. The fourth-order valence-corrected chi connectivity index (χ4v) is 3.27. The lowest BCUT2D eigenvalue weighted by Gasteiger charge is -2.38. The minimum absolute atomic E-state index is 0.0407. The second-order valence-electron chi connectivity index (χ2n) is 4.80. The van der Waals surface area contributed by atoms with Crippen LogP contribution in [0.2, 0.25) is 0 Å². The van der Waals surface area contributed by atoms with Crippen LogP contribution in [0.5, 0.6) is 0 Å². The molecule has 0 amide bonds. The number of hydrogen-bond acceptors (Lipinski definition) is 5. The Kier molecular flexibility index (Phi) is 0.951. The highest BCUT2D eigenvalue weighted by Gasteiger charge is 2.82. The number of epoxide rings is 2. The van der Waals surface area contributed by atoms with E-state index < -0.39 is 17.4 Å². The Hall–Kier alpha value is -1.33. The summed E-state index contributed by atoms with van der Waals surface area (Å²) in [6.07, 6.45) is 6.78. The van der Waals surface area contributed by atoms with Crippen LogP contribution in [-0.2, 0) is 18.9 Å². The maximum atomic E-state index is 11.5. The van der Waals surface area contributed by atoms with Crippen molar-refractivity contribution < 1.29 is 23.7 Å². The van der Waals surface area contributed by atoms with Gasteiger partial charge in [0.05, 0.1) is 0 Å². The third-order valence-electron chi connectivity index (χ3n) is 4.08. The summed E-state index contributed by atoms with van der Waals surface area (Å²) < 4.78 is 21.9. The molecule has 5 nitrogen and oxygen atoms in total. The third kappa shape index (κ3) is 0.599. The minimum atomic E-state index is -0.820. The molecule has 5 heteroatoms. The molecular weight excluding hydrogens is 212 g/mol. The lowest BCUT2D eigenvalue weighted by Crippen LogP contribution is -2.61. The van der Waals surface area contributed by atoms with E-state index in [9.17, 15) is 4.79 Å². The Balaban J connectivity index is 1.81. The number of rotatable bonds is 0. The summed E-state index contributed by atoms with van der Waals surface area (Å²) in [7, 11) is 0. The highest BCUT2D eigenvalue weighted by molar-refractivity contribution is 5.69. The molecular formula is C11H8O5. The molecule has 3 aliphatic heterocycles. The van der Waals surface area contributed by atoms with E-state index in [4.69, 9.17) is 18.9 Å². The van der Waals surface area contributed by atoms with Crippen LogP contribution in [0, 0.1) is 0 Å². The topological polar surface area (TPSA) is 60.6 Å². The molecule has 3 heterocycles. The van der Waals surface area contributed by atoms with Crippen molar-refractivity contribution in [2.24, 2.45) is 0 Å². The Morgan fingerprint density at radius 3 is 2.25 bits per heavy atom. The zero-order valence-corrected chi connectivity index (χ0v) is 8.16. The molecule has 4 atom stereocenters. The third-order valence-corrected chi connectivity index (χ3v) is 4.08. The largest absolute Gasteiger partial charge is 0.510 e. The average molecular weight is 220 g/mol. The van der Waals surface area contributed by atoms with Crippen molar-refractivity contribution in [3.63, 3.8) is 0 Å². The zero-order valence-electron chi connectivity index (χ0n) is 8.16. The van der Waals surface area contributed by atoms with Crippen LogP contribution in [0.25, 0.3) is 0 Å². The van der Waals surface area contributed by atoms with Crippen LogP contribution in [0.4, 0.5) is 4.79 Å². The SMILES string of the molecule is O=C1OC23C=C[C@H]4O[C@H]4C2(O1)[C@@H]1O[C@@H]1C=C3. The molecule has 5 aliphatic rings. The quantitative estimate of drug-likeness (QED) is 0.334. The van der Waals surface area contributed by atoms with Gasteiger partial charge in [0.25, 0.3) is 0 Å². The molecule has 5 rings (SSSR count). The Morgan fingerprint density at radius 1 is 1.00 bits per heavy atom. The number of fused-ring (bicyclic) bond motifs is 2. The fourth-order valence-electron chi connectivity index (χ4n) is 3.27. The Bertz CT molecular complexity index is 451. The first kappa shape index (κ1) is 7.86. The molecule has 16 heavy (non-hydrogen) atoms. The maximum Gasteiger partial charge on any atom is 0.510 e. The van der Waals surface area contributed by atoms with Crippen molar-refractivity contribution >= 4 is 6.16 Å². The van der Waals surface area contributed by atoms with Crippen molar-refractivity contribution in [2.75, 3.05) is 0 Å². The van der Waals surface area contributed by atoms with Crippen molar-refractivity contribution in [3.05, 3.63) is 24.3 Å². The summed E-state index contributed by atoms with van der Waals surface area (Å²) >= 11 is 0. The lowest BCUT2D eigenvalue weighted by atomic mass is 9.70. The molecule has 0 bridgehead atoms. The second-order valence-corrected chi connectivity index (χ2v) is 4.80. The highest BCUT2D eigenvalue weighted by atomic mass is 16.8. The monoisotopic (exact) mass is 220 g/mol. The van der Waals surface area contributed by atoms with E-state index in [-0.39, 0.29) is 24.4 Å². The molecule has 0 aromatic rings. The summed E-state index contributed by atoms with van der Waals surface area (Å²) in [6, 6.07) is 0. The van der Waals surface area contributed by atoms with Crippen molar-refractivity contribution in [3.8, 4) is 0 Å². The summed E-state index contributed by atoms with van der Waals surface area (Å²) in [4.78, 5) is 11.5. The van der Waals surface area contributed by atoms with Crippen LogP contribution in [0.1, 0.15) is 0 Å². The summed E-state index contributed by atoms with van der Waals surface area (Å²) in [5.41, 5.74) is -1.61. The maximum absolute atomic E-state index is 11.5. The van der Waals surface area contributed by atoms with Gasteiger partial charge in [0.1, 0.15) is 24.4 Å². The van der Waals surface area contributed by atoms with E-state index in [0.29, 0.717) is 0 Å². The summed E-state index contributed by atoms with van der Waals surface area (Å²) in [5.74, 6) is 0. The summed E-state index contributed by atoms with van der Waals surface area (Å²) in [5, 5.41) is 0. The van der Waals surface area contributed by atoms with E-state index in [1.165, 1.54) is 0 Å². The van der Waals surface area contributed by atoms with Gasteiger partial charge in [-0.25, -0.2) is 4.79 Å². The first-order chi connectivity index (χ1) is 7.75. The molecule has 2 aliphatic carbocycles. The molecule has 0 spiro atoms. The van der Waals surface area contributed by atoms with Gasteiger partial charge in [0.15, 0.2) is 5.60 Å². The van der Waals surface area contributed by atoms with Gasteiger partial charge >= 0.3 is 6.16 Å². The van der Waals surface area contributed by atoms with Crippen LogP contribution in [0.3, 0.4) is 0 Å². The second kappa shape index (κ2) is 1.94. The van der Waals surface area contributed by atoms with Crippen LogP contribution in [0.15, 0.2) is 24.3 Å². The van der Waals surface area contributed by atoms with E-state index in [1.807, 2.05) is 24.3 Å². The Morgan fingerprint density at radius 2 is 1.62 bits per heavy atom. The van der Waals surface area contributed by atoms with Gasteiger partial charge in [0, 0.05) is 0 Å². The van der Waals surface area contributed by atoms with E-state index in [2.05, 4.69) is 0 Å². The average Bonchev–Trinajstić information content (AvgIpc) is 3.12. The van der Waals surface area contributed by atoms with Crippen molar-refractivity contribution in [2.45, 2.75) is 35.6 Å². The molecule has 0 N–H and O–H groups in total. The first-order valence-electron chi connectivity index (χ1n) is 5.37. The highest BCUT2D eigenvalue weighted by Crippen LogP contribution is 2.61. The molecule has 3 saturated heterocycles. The number of ether oxygens (including phenoxy) is 4. The standard InChI is InChI=1S/C11H8O5/c12-9-15-10-3-1-5-7(13-5)11(10,16-9)8-6(14-8)2-4-10/h1-8H/t5-,6-,7-,8-,10?,11?/m1/s1. The Labute approximate surface area is 90.6 Å².